The summed E-state index contributed by atoms with van der Waals surface area (Å²) >= 11 is 0. The quantitative estimate of drug-likeness (QED) is 0.748. The summed E-state index contributed by atoms with van der Waals surface area (Å²) in [6.07, 6.45) is 10.8. The van der Waals surface area contributed by atoms with Crippen LogP contribution in [-0.4, -0.2) is 29.0 Å². The van der Waals surface area contributed by atoms with Crippen LogP contribution in [-0.2, 0) is 0 Å². The zero-order chi connectivity index (χ0) is 12.9. The molecule has 0 spiro atoms. The van der Waals surface area contributed by atoms with E-state index >= 15 is 0 Å². The first kappa shape index (κ1) is 12.7. The fourth-order valence-electron chi connectivity index (χ4n) is 3.37. The number of aromatic amines is 1. The second-order valence-electron chi connectivity index (χ2n) is 5.75. The number of rotatable bonds is 0. The minimum Gasteiger partial charge on any atom is -0.361 e. The van der Waals surface area contributed by atoms with Crippen LogP contribution in [0.4, 0.5) is 0 Å². The minimum absolute atomic E-state index is 0.988. The van der Waals surface area contributed by atoms with Crippen molar-refractivity contribution >= 4 is 10.9 Å². The molecule has 2 aliphatic rings. The Labute approximate surface area is 115 Å². The number of benzene rings is 1. The van der Waals surface area contributed by atoms with Crippen LogP contribution in [0, 0.1) is 0 Å². The predicted molar refractivity (Wildman–Crippen MR) is 81.4 cm³/mol. The fraction of sp³-hybridized carbons (Fsp3) is 0.529. The lowest BCUT2D eigenvalue weighted by atomic mass is 9.93. The molecule has 0 unspecified atom stereocenters. The second-order valence-corrected chi connectivity index (χ2v) is 5.75. The summed E-state index contributed by atoms with van der Waals surface area (Å²) in [6, 6.07) is 11.3. The van der Waals surface area contributed by atoms with Gasteiger partial charge in [0.2, 0.25) is 0 Å². The molecule has 2 aromatic rings. The summed E-state index contributed by atoms with van der Waals surface area (Å²) < 4.78 is 0. The largest absolute Gasteiger partial charge is 0.361 e. The Bertz CT molecular complexity index is 446. The van der Waals surface area contributed by atoms with E-state index in [0.29, 0.717) is 0 Å². The molecule has 19 heavy (non-hydrogen) atoms. The Balaban J connectivity index is 0.000000117. The average molecular weight is 256 g/mol. The van der Waals surface area contributed by atoms with Crippen molar-refractivity contribution in [2.24, 2.45) is 0 Å². The lowest BCUT2D eigenvalue weighted by Gasteiger charge is -2.39. The molecule has 2 aliphatic heterocycles. The molecule has 2 fully saturated rings. The van der Waals surface area contributed by atoms with Crippen molar-refractivity contribution in [3.05, 3.63) is 36.5 Å². The van der Waals surface area contributed by atoms with E-state index in [2.05, 4.69) is 28.1 Å². The highest BCUT2D eigenvalue weighted by atomic mass is 15.2. The van der Waals surface area contributed by atoms with E-state index in [0.717, 1.165) is 6.04 Å². The zero-order valence-electron chi connectivity index (χ0n) is 11.6. The fourth-order valence-corrected chi connectivity index (χ4v) is 3.37. The summed E-state index contributed by atoms with van der Waals surface area (Å²) in [6.45, 7) is 2.79. The number of nitrogens with one attached hydrogen (secondary N) is 1. The maximum absolute atomic E-state index is 3.12. The third-order valence-corrected chi connectivity index (χ3v) is 4.44. The van der Waals surface area contributed by atoms with Crippen molar-refractivity contribution in [1.29, 1.82) is 0 Å². The van der Waals surface area contributed by atoms with Crippen LogP contribution < -0.4 is 0 Å². The van der Waals surface area contributed by atoms with Gasteiger partial charge in [0.25, 0.3) is 0 Å². The molecule has 0 saturated carbocycles. The van der Waals surface area contributed by atoms with E-state index in [1.54, 1.807) is 0 Å². The second kappa shape index (κ2) is 6.25. The summed E-state index contributed by atoms with van der Waals surface area (Å²) in [5, 5.41) is 1.28. The highest BCUT2D eigenvalue weighted by Gasteiger charge is 2.24. The molecule has 2 saturated heterocycles. The highest BCUT2D eigenvalue weighted by molar-refractivity contribution is 5.78. The van der Waals surface area contributed by atoms with Crippen LogP contribution >= 0.6 is 0 Å². The molecular formula is C17H24N2. The van der Waals surface area contributed by atoms with Crippen molar-refractivity contribution in [3.8, 4) is 0 Å². The molecule has 0 atom stereocenters. The highest BCUT2D eigenvalue weighted by Crippen LogP contribution is 2.25. The third kappa shape index (κ3) is 3.19. The monoisotopic (exact) mass is 256 g/mol. The molecular weight excluding hydrogens is 232 g/mol. The van der Waals surface area contributed by atoms with Crippen LogP contribution in [0.5, 0.6) is 0 Å². The van der Waals surface area contributed by atoms with Crippen LogP contribution in [0.1, 0.15) is 38.5 Å². The molecule has 0 amide bonds. The van der Waals surface area contributed by atoms with Crippen molar-refractivity contribution in [3.63, 3.8) is 0 Å². The number of piperidine rings is 2. The molecule has 4 rings (SSSR count). The number of nitrogens with zero attached hydrogens (tertiary/aromatic N) is 1. The van der Waals surface area contributed by atoms with Crippen LogP contribution in [0.25, 0.3) is 10.9 Å². The topological polar surface area (TPSA) is 19.0 Å². The Hall–Kier alpha value is -1.28. The average Bonchev–Trinajstić information content (AvgIpc) is 2.96. The molecule has 2 nitrogen and oxygen atoms in total. The van der Waals surface area contributed by atoms with E-state index in [1.165, 1.54) is 62.5 Å². The molecule has 102 valence electrons. The van der Waals surface area contributed by atoms with Crippen molar-refractivity contribution in [2.45, 2.75) is 44.6 Å². The van der Waals surface area contributed by atoms with Gasteiger partial charge in [-0.3, -0.25) is 0 Å². The first-order valence-electron chi connectivity index (χ1n) is 7.70. The van der Waals surface area contributed by atoms with Crippen molar-refractivity contribution in [2.75, 3.05) is 13.1 Å². The number of fused-ring (bicyclic) bond motifs is 2. The summed E-state index contributed by atoms with van der Waals surface area (Å²) in [5.41, 5.74) is 1.21. The van der Waals surface area contributed by atoms with E-state index in [1.807, 2.05) is 18.3 Å². The van der Waals surface area contributed by atoms with Gasteiger partial charge < -0.3 is 9.88 Å². The van der Waals surface area contributed by atoms with E-state index < -0.39 is 0 Å². The number of para-hydroxylation sites is 1. The predicted octanol–water partition coefficient (Wildman–Crippen LogP) is 4.19. The van der Waals surface area contributed by atoms with E-state index in [4.69, 9.17) is 0 Å². The first-order chi connectivity index (χ1) is 9.43. The number of H-pyrrole nitrogens is 1. The van der Waals surface area contributed by atoms with Crippen molar-refractivity contribution in [1.82, 2.24) is 9.88 Å². The minimum atomic E-state index is 0.988. The summed E-state index contributed by atoms with van der Waals surface area (Å²) in [5.74, 6) is 0. The van der Waals surface area contributed by atoms with Gasteiger partial charge in [0.05, 0.1) is 0 Å². The van der Waals surface area contributed by atoms with Gasteiger partial charge in [-0.2, -0.15) is 0 Å². The number of hydrogen-bond donors (Lipinski definition) is 1. The SMILES string of the molecule is C1CCN2CCCCC2C1.c1ccc2[nH]ccc2c1. The standard InChI is InChI=1S/C9H17N.C8H7N/c1-3-7-10-8-4-2-6-9(10)5-1;1-2-4-8-7(3-1)5-6-9-8/h9H,1-8H2;1-6,9H. The van der Waals surface area contributed by atoms with E-state index in [-0.39, 0.29) is 0 Å². The lowest BCUT2D eigenvalue weighted by Crippen LogP contribution is -2.42. The maximum atomic E-state index is 3.12. The van der Waals surface area contributed by atoms with Gasteiger partial charge >= 0.3 is 0 Å². The normalized spacial score (nSPS) is 20.6. The molecule has 2 heteroatoms. The van der Waals surface area contributed by atoms with Gasteiger partial charge in [-0.1, -0.05) is 31.0 Å². The lowest BCUT2D eigenvalue weighted by molar-refractivity contribution is 0.109. The molecule has 0 radical (unpaired) electrons. The van der Waals surface area contributed by atoms with E-state index in [9.17, 15) is 0 Å². The van der Waals surface area contributed by atoms with Crippen LogP contribution in [0.3, 0.4) is 0 Å². The third-order valence-electron chi connectivity index (χ3n) is 4.44. The Morgan fingerprint density at radius 3 is 2.32 bits per heavy atom. The van der Waals surface area contributed by atoms with Gasteiger partial charge in [0.15, 0.2) is 0 Å². The molecule has 0 aliphatic carbocycles. The zero-order valence-corrected chi connectivity index (χ0v) is 11.6. The van der Waals surface area contributed by atoms with Crippen LogP contribution in [0.2, 0.25) is 0 Å². The van der Waals surface area contributed by atoms with Crippen molar-refractivity contribution < 1.29 is 0 Å². The van der Waals surface area contributed by atoms with Gasteiger partial charge in [-0.25, -0.2) is 0 Å². The summed E-state index contributed by atoms with van der Waals surface area (Å²) in [4.78, 5) is 5.82. The molecule has 1 N–H and O–H groups in total. The smallest absolute Gasteiger partial charge is 0.0453 e. The number of aromatic nitrogens is 1. The Kier molecular flexibility index (Phi) is 4.19. The van der Waals surface area contributed by atoms with Crippen LogP contribution in [0.15, 0.2) is 36.5 Å². The van der Waals surface area contributed by atoms with Gasteiger partial charge in [-0.15, -0.1) is 0 Å². The van der Waals surface area contributed by atoms with Gasteiger partial charge in [-0.05, 0) is 56.3 Å². The maximum Gasteiger partial charge on any atom is 0.0453 e. The van der Waals surface area contributed by atoms with Gasteiger partial charge in [0, 0.05) is 17.8 Å². The Morgan fingerprint density at radius 1 is 0.895 bits per heavy atom. The first-order valence-corrected chi connectivity index (χ1v) is 7.70. The molecule has 1 aromatic heterocycles. The summed E-state index contributed by atoms with van der Waals surface area (Å²) in [7, 11) is 0. The molecule has 3 heterocycles. The molecule has 0 bridgehead atoms. The number of hydrogen-bond acceptors (Lipinski definition) is 1. The molecule has 1 aromatic carbocycles. The Morgan fingerprint density at radius 2 is 1.63 bits per heavy atom. The van der Waals surface area contributed by atoms with Gasteiger partial charge in [0.1, 0.15) is 0 Å².